The minimum absolute atomic E-state index is 0.693. The summed E-state index contributed by atoms with van der Waals surface area (Å²) in [7, 11) is 0. The van der Waals surface area contributed by atoms with Gasteiger partial charge in [-0.25, -0.2) is 4.98 Å². The van der Waals surface area contributed by atoms with Crippen molar-refractivity contribution in [1.82, 2.24) is 10.3 Å². The van der Waals surface area contributed by atoms with E-state index in [-0.39, 0.29) is 0 Å². The molecule has 1 aromatic rings. The molecule has 1 saturated carbocycles. The first-order valence-electron chi connectivity index (χ1n) is 6.85. The molecule has 0 bridgehead atoms. The van der Waals surface area contributed by atoms with Gasteiger partial charge in [-0.2, -0.15) is 0 Å². The molecule has 1 aliphatic carbocycles. The van der Waals surface area contributed by atoms with E-state index in [0.717, 1.165) is 24.8 Å². The van der Waals surface area contributed by atoms with Crippen molar-refractivity contribution < 1.29 is 0 Å². The zero-order valence-electron chi connectivity index (χ0n) is 11.2. The Morgan fingerprint density at radius 1 is 1.41 bits per heavy atom. The van der Waals surface area contributed by atoms with E-state index >= 15 is 0 Å². The molecule has 1 N–H and O–H groups in total. The summed E-state index contributed by atoms with van der Waals surface area (Å²) >= 11 is 1.79. The van der Waals surface area contributed by atoms with Crippen molar-refractivity contribution >= 4 is 11.3 Å². The van der Waals surface area contributed by atoms with E-state index in [1.54, 1.807) is 11.3 Å². The molecule has 0 saturated heterocycles. The van der Waals surface area contributed by atoms with Crippen LogP contribution in [-0.2, 0) is 13.0 Å². The van der Waals surface area contributed by atoms with Gasteiger partial charge in [0.05, 0.1) is 10.7 Å². The molecule has 0 aliphatic heterocycles. The first kappa shape index (κ1) is 13.0. The van der Waals surface area contributed by atoms with Crippen LogP contribution in [0.25, 0.3) is 0 Å². The summed E-state index contributed by atoms with van der Waals surface area (Å²) in [6.07, 6.45) is 5.13. The van der Waals surface area contributed by atoms with E-state index in [1.807, 2.05) is 0 Å². The first-order chi connectivity index (χ1) is 8.19. The Morgan fingerprint density at radius 3 is 2.88 bits per heavy atom. The lowest BCUT2D eigenvalue weighted by Gasteiger charge is -2.33. The van der Waals surface area contributed by atoms with Gasteiger partial charge in [0, 0.05) is 18.0 Å². The Morgan fingerprint density at radius 2 is 2.24 bits per heavy atom. The van der Waals surface area contributed by atoms with Gasteiger partial charge in [-0.15, -0.1) is 11.3 Å². The lowest BCUT2D eigenvalue weighted by Crippen LogP contribution is -2.38. The summed E-state index contributed by atoms with van der Waals surface area (Å²) in [5.41, 5.74) is 1.22. The van der Waals surface area contributed by atoms with Gasteiger partial charge < -0.3 is 5.32 Å². The van der Waals surface area contributed by atoms with Crippen LogP contribution in [0.15, 0.2) is 5.38 Å². The highest BCUT2D eigenvalue weighted by atomic mass is 32.1. The quantitative estimate of drug-likeness (QED) is 0.885. The average molecular weight is 252 g/mol. The van der Waals surface area contributed by atoms with Gasteiger partial charge in [-0.05, 0) is 37.5 Å². The largest absolute Gasteiger partial charge is 0.308 e. The van der Waals surface area contributed by atoms with Gasteiger partial charge in [0.1, 0.15) is 0 Å². The van der Waals surface area contributed by atoms with Crippen LogP contribution in [0.2, 0.25) is 0 Å². The van der Waals surface area contributed by atoms with E-state index in [4.69, 9.17) is 0 Å². The molecule has 2 nitrogen and oxygen atoms in total. The Kier molecular flexibility index (Phi) is 4.57. The van der Waals surface area contributed by atoms with Crippen LogP contribution in [0.4, 0.5) is 0 Å². The van der Waals surface area contributed by atoms with E-state index in [0.29, 0.717) is 6.04 Å². The third kappa shape index (κ3) is 3.52. The standard InChI is InChI=1S/C14H24N2S/c1-4-14-16-12(9-17-14)8-15-13-6-5-10(2)7-11(13)3/h9-11,13,15H,4-8H2,1-3H3. The molecule has 0 spiro atoms. The van der Waals surface area contributed by atoms with Gasteiger partial charge in [0.15, 0.2) is 0 Å². The van der Waals surface area contributed by atoms with Gasteiger partial charge >= 0.3 is 0 Å². The Hall–Kier alpha value is -0.410. The molecule has 1 aromatic heterocycles. The van der Waals surface area contributed by atoms with Crippen molar-refractivity contribution in [1.29, 1.82) is 0 Å². The lowest BCUT2D eigenvalue weighted by atomic mass is 9.80. The van der Waals surface area contributed by atoms with Gasteiger partial charge in [-0.1, -0.05) is 20.8 Å². The van der Waals surface area contributed by atoms with E-state index < -0.39 is 0 Å². The van der Waals surface area contributed by atoms with Crippen molar-refractivity contribution in [3.05, 3.63) is 16.1 Å². The van der Waals surface area contributed by atoms with Crippen LogP contribution in [-0.4, -0.2) is 11.0 Å². The summed E-state index contributed by atoms with van der Waals surface area (Å²) in [6.45, 7) is 7.87. The number of hydrogen-bond acceptors (Lipinski definition) is 3. The predicted octanol–water partition coefficient (Wildman–Crippen LogP) is 3.62. The normalized spacial score (nSPS) is 29.5. The highest BCUT2D eigenvalue weighted by Gasteiger charge is 2.24. The summed E-state index contributed by atoms with van der Waals surface area (Å²) in [5, 5.41) is 7.14. The maximum absolute atomic E-state index is 4.61. The van der Waals surface area contributed by atoms with Crippen LogP contribution in [0.5, 0.6) is 0 Å². The molecular formula is C14H24N2S. The molecule has 1 aliphatic rings. The number of nitrogens with zero attached hydrogens (tertiary/aromatic N) is 1. The van der Waals surface area contributed by atoms with Crippen molar-refractivity contribution in [2.75, 3.05) is 0 Å². The number of hydrogen-bond donors (Lipinski definition) is 1. The molecule has 3 unspecified atom stereocenters. The molecule has 17 heavy (non-hydrogen) atoms. The second-order valence-electron chi connectivity index (χ2n) is 5.47. The molecule has 3 heteroatoms. The van der Waals surface area contributed by atoms with Crippen molar-refractivity contribution in [2.45, 2.75) is 59.0 Å². The molecule has 96 valence electrons. The van der Waals surface area contributed by atoms with E-state index in [9.17, 15) is 0 Å². The fourth-order valence-electron chi connectivity index (χ4n) is 2.80. The van der Waals surface area contributed by atoms with Crippen molar-refractivity contribution in [2.24, 2.45) is 11.8 Å². The number of aryl methyl sites for hydroxylation is 1. The van der Waals surface area contributed by atoms with Gasteiger partial charge in [0.25, 0.3) is 0 Å². The average Bonchev–Trinajstić information content (AvgIpc) is 2.76. The first-order valence-corrected chi connectivity index (χ1v) is 7.73. The van der Waals surface area contributed by atoms with Crippen molar-refractivity contribution in [3.63, 3.8) is 0 Å². The zero-order valence-corrected chi connectivity index (χ0v) is 12.0. The van der Waals surface area contributed by atoms with Crippen LogP contribution in [0.3, 0.4) is 0 Å². The maximum Gasteiger partial charge on any atom is 0.0926 e. The highest BCUT2D eigenvalue weighted by molar-refractivity contribution is 7.09. The third-order valence-corrected chi connectivity index (χ3v) is 4.92. The van der Waals surface area contributed by atoms with E-state index in [1.165, 1.54) is 30.0 Å². The van der Waals surface area contributed by atoms with Gasteiger partial charge in [-0.3, -0.25) is 0 Å². The monoisotopic (exact) mass is 252 g/mol. The van der Waals surface area contributed by atoms with Crippen LogP contribution in [0.1, 0.15) is 50.7 Å². The minimum atomic E-state index is 0.693. The lowest BCUT2D eigenvalue weighted by molar-refractivity contribution is 0.227. The molecule has 0 amide bonds. The highest BCUT2D eigenvalue weighted by Crippen LogP contribution is 2.28. The summed E-state index contributed by atoms with van der Waals surface area (Å²) in [6, 6.07) is 0.693. The Bertz CT molecular complexity index is 348. The minimum Gasteiger partial charge on any atom is -0.308 e. The Labute approximate surface area is 109 Å². The second-order valence-corrected chi connectivity index (χ2v) is 6.41. The summed E-state index contributed by atoms with van der Waals surface area (Å²) < 4.78 is 0. The summed E-state index contributed by atoms with van der Waals surface area (Å²) in [4.78, 5) is 4.61. The Balaban J connectivity index is 1.81. The molecule has 0 radical (unpaired) electrons. The molecule has 1 heterocycles. The summed E-state index contributed by atoms with van der Waals surface area (Å²) in [5.74, 6) is 1.72. The number of rotatable bonds is 4. The molecule has 0 aromatic carbocycles. The molecule has 1 fully saturated rings. The topological polar surface area (TPSA) is 24.9 Å². The molecule has 2 rings (SSSR count). The van der Waals surface area contributed by atoms with Gasteiger partial charge in [0.2, 0.25) is 0 Å². The molecular weight excluding hydrogens is 228 g/mol. The van der Waals surface area contributed by atoms with E-state index in [2.05, 4.69) is 36.5 Å². The zero-order chi connectivity index (χ0) is 12.3. The third-order valence-electron chi connectivity index (χ3n) is 3.88. The smallest absolute Gasteiger partial charge is 0.0926 e. The second kappa shape index (κ2) is 5.96. The van der Waals surface area contributed by atoms with Crippen LogP contribution in [0, 0.1) is 11.8 Å². The predicted molar refractivity (Wildman–Crippen MR) is 74.3 cm³/mol. The fourth-order valence-corrected chi connectivity index (χ4v) is 3.54. The fraction of sp³-hybridized carbons (Fsp3) is 0.786. The number of nitrogens with one attached hydrogen (secondary N) is 1. The number of thiazole rings is 1. The maximum atomic E-state index is 4.61. The number of aromatic nitrogens is 1. The molecule has 3 atom stereocenters. The van der Waals surface area contributed by atoms with Crippen molar-refractivity contribution in [3.8, 4) is 0 Å². The van der Waals surface area contributed by atoms with Crippen LogP contribution < -0.4 is 5.32 Å². The van der Waals surface area contributed by atoms with Crippen LogP contribution >= 0.6 is 11.3 Å². The SMILES string of the molecule is CCc1nc(CNC2CCC(C)CC2C)cs1.